The predicted octanol–water partition coefficient (Wildman–Crippen LogP) is 2.62. The zero-order valence-electron chi connectivity index (χ0n) is 12.9. The molecule has 0 aliphatic carbocycles. The second-order valence-corrected chi connectivity index (χ2v) is 5.81. The van der Waals surface area contributed by atoms with Crippen molar-refractivity contribution in [1.29, 1.82) is 0 Å². The molecular weight excluding hydrogens is 286 g/mol. The van der Waals surface area contributed by atoms with Crippen molar-refractivity contribution in [3.05, 3.63) is 26.9 Å². The van der Waals surface area contributed by atoms with Crippen LogP contribution in [0.25, 0.3) is 11.4 Å². The van der Waals surface area contributed by atoms with E-state index in [-0.39, 0.29) is 11.5 Å². The van der Waals surface area contributed by atoms with Gasteiger partial charge in [-0.05, 0) is 30.6 Å². The van der Waals surface area contributed by atoms with Crippen molar-refractivity contribution in [3.8, 4) is 11.4 Å². The quantitative estimate of drug-likeness (QED) is 0.862. The molecule has 6 nitrogen and oxygen atoms in total. The Hall–Kier alpha value is -1.76. The summed E-state index contributed by atoms with van der Waals surface area (Å²) in [7, 11) is 1.66. The molecule has 7 heteroatoms. The molecule has 2 aromatic rings. The Bertz CT molecular complexity index is 741. The van der Waals surface area contributed by atoms with Crippen LogP contribution in [0.3, 0.4) is 0 Å². The van der Waals surface area contributed by atoms with Gasteiger partial charge in [0.1, 0.15) is 0 Å². The van der Waals surface area contributed by atoms with Gasteiger partial charge in [-0.15, -0.1) is 0 Å². The maximum absolute atomic E-state index is 12.4. The second kappa shape index (κ2) is 6.34. The van der Waals surface area contributed by atoms with Gasteiger partial charge in [0.15, 0.2) is 10.6 Å². The molecule has 0 amide bonds. The lowest BCUT2D eigenvalue weighted by atomic mass is 10.1. The zero-order chi connectivity index (χ0) is 15.6. The number of H-pyrrole nitrogens is 1. The highest BCUT2D eigenvalue weighted by Gasteiger charge is 2.16. The van der Waals surface area contributed by atoms with Crippen LogP contribution in [0.1, 0.15) is 45.2 Å². The van der Waals surface area contributed by atoms with Crippen molar-refractivity contribution < 1.29 is 0 Å². The van der Waals surface area contributed by atoms with E-state index in [0.717, 1.165) is 25.1 Å². The van der Waals surface area contributed by atoms with Crippen LogP contribution in [-0.4, -0.2) is 24.5 Å². The fourth-order valence-electron chi connectivity index (χ4n) is 2.12. The number of aromatic amines is 1. The zero-order valence-corrected chi connectivity index (χ0v) is 13.7. The molecule has 0 aliphatic heterocycles. The largest absolute Gasteiger partial charge is 0.300 e. The molecular formula is C14H21N5OS. The fourth-order valence-corrected chi connectivity index (χ4v) is 2.34. The highest BCUT2D eigenvalue weighted by atomic mass is 32.1. The van der Waals surface area contributed by atoms with E-state index in [0.29, 0.717) is 16.2 Å². The number of aryl methyl sites for hydroxylation is 1. The fraction of sp³-hybridized carbons (Fsp3) is 0.571. The molecule has 0 bridgehead atoms. The van der Waals surface area contributed by atoms with E-state index in [4.69, 9.17) is 12.2 Å². The summed E-state index contributed by atoms with van der Waals surface area (Å²) in [5, 5.41) is 11.3. The van der Waals surface area contributed by atoms with E-state index < -0.39 is 0 Å². The highest BCUT2D eigenvalue weighted by Crippen LogP contribution is 2.18. The molecule has 0 saturated heterocycles. The SMILES string of the molecule is CCCCn1c(-c2cc(C(C)C)nn(C)c2=O)n[nH]c1=S. The maximum Gasteiger partial charge on any atom is 0.277 e. The van der Waals surface area contributed by atoms with Crippen LogP contribution < -0.4 is 5.56 Å². The van der Waals surface area contributed by atoms with Gasteiger partial charge in [-0.1, -0.05) is 27.2 Å². The molecule has 0 fully saturated rings. The van der Waals surface area contributed by atoms with E-state index >= 15 is 0 Å². The minimum absolute atomic E-state index is 0.161. The predicted molar refractivity (Wildman–Crippen MR) is 84.9 cm³/mol. The average molecular weight is 307 g/mol. The molecule has 0 unspecified atom stereocenters. The van der Waals surface area contributed by atoms with Gasteiger partial charge in [0, 0.05) is 13.6 Å². The number of aromatic nitrogens is 5. The lowest BCUT2D eigenvalue weighted by molar-refractivity contribution is 0.623. The van der Waals surface area contributed by atoms with Crippen LogP contribution in [0.2, 0.25) is 0 Å². The summed E-state index contributed by atoms with van der Waals surface area (Å²) in [4.78, 5) is 12.4. The molecule has 0 radical (unpaired) electrons. The standard InChI is InChI=1S/C14H21N5OS/c1-5-6-7-19-12(15-16-14(19)21)10-8-11(9(2)3)17-18(4)13(10)20/h8-9H,5-7H2,1-4H3,(H,16,21). The van der Waals surface area contributed by atoms with E-state index in [2.05, 4.69) is 22.2 Å². The second-order valence-electron chi connectivity index (χ2n) is 5.42. The number of nitrogens with one attached hydrogen (secondary N) is 1. The molecule has 0 saturated carbocycles. The Balaban J connectivity index is 2.62. The van der Waals surface area contributed by atoms with E-state index in [1.807, 2.05) is 24.5 Å². The third-order valence-electron chi connectivity index (χ3n) is 3.41. The third kappa shape index (κ3) is 3.12. The van der Waals surface area contributed by atoms with Crippen LogP contribution in [0.5, 0.6) is 0 Å². The molecule has 1 N–H and O–H groups in total. The number of unbranched alkanes of at least 4 members (excludes halogenated alkanes) is 1. The molecule has 0 aliphatic rings. The van der Waals surface area contributed by atoms with Crippen LogP contribution in [0.15, 0.2) is 10.9 Å². The van der Waals surface area contributed by atoms with E-state index in [1.165, 1.54) is 4.68 Å². The molecule has 0 aromatic carbocycles. The van der Waals surface area contributed by atoms with Crippen molar-refractivity contribution in [2.24, 2.45) is 7.05 Å². The topological polar surface area (TPSA) is 68.5 Å². The molecule has 0 spiro atoms. The monoisotopic (exact) mass is 307 g/mol. The van der Waals surface area contributed by atoms with Crippen molar-refractivity contribution in [1.82, 2.24) is 24.5 Å². The Morgan fingerprint density at radius 3 is 2.76 bits per heavy atom. The summed E-state index contributed by atoms with van der Waals surface area (Å²) in [6.45, 7) is 6.96. The van der Waals surface area contributed by atoms with Gasteiger partial charge in [-0.2, -0.15) is 10.2 Å². The van der Waals surface area contributed by atoms with Gasteiger partial charge in [-0.25, -0.2) is 4.68 Å². The Morgan fingerprint density at radius 2 is 2.14 bits per heavy atom. The van der Waals surface area contributed by atoms with Crippen LogP contribution >= 0.6 is 12.2 Å². The molecule has 0 atom stereocenters. The molecule has 2 heterocycles. The maximum atomic E-state index is 12.4. The molecule has 21 heavy (non-hydrogen) atoms. The lowest BCUT2D eigenvalue weighted by Crippen LogP contribution is -2.24. The lowest BCUT2D eigenvalue weighted by Gasteiger charge is -2.10. The van der Waals surface area contributed by atoms with Crippen LogP contribution in [0, 0.1) is 4.77 Å². The van der Waals surface area contributed by atoms with Gasteiger partial charge in [0.25, 0.3) is 5.56 Å². The summed E-state index contributed by atoms with van der Waals surface area (Å²) in [6, 6.07) is 1.82. The molecule has 114 valence electrons. The summed E-state index contributed by atoms with van der Waals surface area (Å²) in [5.74, 6) is 0.833. The summed E-state index contributed by atoms with van der Waals surface area (Å²) in [5.41, 5.74) is 1.24. The Morgan fingerprint density at radius 1 is 1.43 bits per heavy atom. The van der Waals surface area contributed by atoms with Crippen molar-refractivity contribution in [2.45, 2.75) is 46.1 Å². The first kappa shape index (κ1) is 15.6. The molecule has 2 rings (SSSR count). The first-order valence-corrected chi connectivity index (χ1v) is 7.60. The Kier molecular flexibility index (Phi) is 4.72. The Labute approximate surface area is 128 Å². The number of hydrogen-bond acceptors (Lipinski definition) is 4. The summed E-state index contributed by atoms with van der Waals surface area (Å²) in [6.07, 6.45) is 2.04. The number of rotatable bonds is 5. The summed E-state index contributed by atoms with van der Waals surface area (Å²) < 4.78 is 3.80. The van der Waals surface area contributed by atoms with Gasteiger partial charge in [0.2, 0.25) is 0 Å². The number of nitrogens with zero attached hydrogens (tertiary/aromatic N) is 4. The van der Waals surface area contributed by atoms with Crippen molar-refractivity contribution in [3.63, 3.8) is 0 Å². The van der Waals surface area contributed by atoms with Gasteiger partial charge < -0.3 is 4.57 Å². The molecule has 2 aromatic heterocycles. The first-order valence-electron chi connectivity index (χ1n) is 7.19. The average Bonchev–Trinajstić information content (AvgIpc) is 2.80. The summed E-state index contributed by atoms with van der Waals surface area (Å²) >= 11 is 5.27. The van der Waals surface area contributed by atoms with Gasteiger partial charge >= 0.3 is 0 Å². The van der Waals surface area contributed by atoms with Crippen molar-refractivity contribution in [2.75, 3.05) is 0 Å². The van der Waals surface area contributed by atoms with Gasteiger partial charge in [-0.3, -0.25) is 9.89 Å². The minimum atomic E-state index is -0.161. The normalized spacial score (nSPS) is 11.3. The first-order chi connectivity index (χ1) is 9.95. The highest BCUT2D eigenvalue weighted by molar-refractivity contribution is 7.71. The minimum Gasteiger partial charge on any atom is -0.300 e. The van der Waals surface area contributed by atoms with E-state index in [9.17, 15) is 4.79 Å². The third-order valence-corrected chi connectivity index (χ3v) is 3.72. The van der Waals surface area contributed by atoms with E-state index in [1.54, 1.807) is 7.05 Å². The van der Waals surface area contributed by atoms with Crippen molar-refractivity contribution >= 4 is 12.2 Å². The van der Waals surface area contributed by atoms with Crippen LogP contribution in [-0.2, 0) is 13.6 Å². The smallest absolute Gasteiger partial charge is 0.277 e. The van der Waals surface area contributed by atoms with Gasteiger partial charge in [0.05, 0.1) is 11.3 Å². The van der Waals surface area contributed by atoms with Crippen LogP contribution in [0.4, 0.5) is 0 Å². The number of hydrogen-bond donors (Lipinski definition) is 1.